The second-order valence-electron chi connectivity index (χ2n) is 3.05. The molecule has 2 aromatic heterocycles. The molecule has 0 bridgehead atoms. The first-order valence-corrected chi connectivity index (χ1v) is 5.12. The van der Waals surface area contributed by atoms with Crippen molar-refractivity contribution in [2.45, 2.75) is 6.42 Å². The molecule has 78 valence electrons. The van der Waals surface area contributed by atoms with Gasteiger partial charge in [-0.15, -0.1) is 11.3 Å². The van der Waals surface area contributed by atoms with Crippen LogP contribution < -0.4 is 5.73 Å². The molecule has 0 aliphatic carbocycles. The molecule has 0 saturated carbocycles. The van der Waals surface area contributed by atoms with Crippen molar-refractivity contribution < 1.29 is 14.3 Å². The van der Waals surface area contributed by atoms with Gasteiger partial charge in [-0.1, -0.05) is 0 Å². The third kappa shape index (κ3) is 2.02. The van der Waals surface area contributed by atoms with Gasteiger partial charge in [0.25, 0.3) is 0 Å². The fourth-order valence-corrected chi connectivity index (χ4v) is 2.19. The van der Waals surface area contributed by atoms with E-state index in [-0.39, 0.29) is 4.88 Å². The summed E-state index contributed by atoms with van der Waals surface area (Å²) in [6, 6.07) is 5.10. The summed E-state index contributed by atoms with van der Waals surface area (Å²) in [5.74, 6) is -0.169. The lowest BCUT2D eigenvalue weighted by Gasteiger charge is -1.94. The summed E-state index contributed by atoms with van der Waals surface area (Å²) in [7, 11) is 0. The van der Waals surface area contributed by atoms with Crippen LogP contribution in [0, 0.1) is 0 Å². The largest absolute Gasteiger partial charge is 0.477 e. The molecule has 3 N–H and O–H groups in total. The lowest BCUT2D eigenvalue weighted by molar-refractivity contribution is 0.0702. The first-order chi connectivity index (χ1) is 7.16. The van der Waals surface area contributed by atoms with E-state index in [4.69, 9.17) is 15.3 Å². The van der Waals surface area contributed by atoms with Crippen LogP contribution in [0.15, 0.2) is 28.9 Å². The Bertz CT molecular complexity index is 473. The summed E-state index contributed by atoms with van der Waals surface area (Å²) in [6.07, 6.45) is 2.12. The highest BCUT2D eigenvalue weighted by molar-refractivity contribution is 7.14. The number of nitrogen functional groups attached to an aromatic ring is 1. The number of nitrogens with two attached hydrogens (primary N) is 1. The standard InChI is InChI=1S/C10H9NO3S/c11-7-5-9(10(12)13)15-8(7)4-6-2-1-3-14-6/h1-3,5H,4,11H2,(H,12,13). The number of anilines is 1. The molecule has 0 radical (unpaired) electrons. The topological polar surface area (TPSA) is 76.5 Å². The van der Waals surface area contributed by atoms with Crippen molar-refractivity contribution in [3.63, 3.8) is 0 Å². The van der Waals surface area contributed by atoms with E-state index in [1.54, 1.807) is 12.3 Å². The first-order valence-electron chi connectivity index (χ1n) is 4.30. The molecule has 2 rings (SSSR count). The molecule has 0 spiro atoms. The monoisotopic (exact) mass is 223 g/mol. The molecule has 5 heteroatoms. The van der Waals surface area contributed by atoms with Crippen LogP contribution in [0.2, 0.25) is 0 Å². The van der Waals surface area contributed by atoms with Crippen molar-refractivity contribution in [1.29, 1.82) is 0 Å². The fourth-order valence-electron chi connectivity index (χ4n) is 1.26. The molecular formula is C10H9NO3S. The van der Waals surface area contributed by atoms with Gasteiger partial charge in [0.15, 0.2) is 0 Å². The Balaban J connectivity index is 2.25. The maximum Gasteiger partial charge on any atom is 0.345 e. The Hall–Kier alpha value is -1.75. The predicted molar refractivity (Wildman–Crippen MR) is 57.2 cm³/mol. The van der Waals surface area contributed by atoms with Gasteiger partial charge < -0.3 is 15.3 Å². The molecule has 4 nitrogen and oxygen atoms in total. The van der Waals surface area contributed by atoms with Crippen LogP contribution in [-0.2, 0) is 6.42 Å². The average molecular weight is 223 g/mol. The highest BCUT2D eigenvalue weighted by Crippen LogP contribution is 2.27. The number of aromatic carboxylic acids is 1. The lowest BCUT2D eigenvalue weighted by atomic mass is 10.2. The van der Waals surface area contributed by atoms with Gasteiger partial charge in [-0.25, -0.2) is 4.79 Å². The minimum Gasteiger partial charge on any atom is -0.477 e. The molecule has 0 aliphatic rings. The van der Waals surface area contributed by atoms with Crippen LogP contribution in [0.25, 0.3) is 0 Å². The molecule has 2 aromatic rings. The van der Waals surface area contributed by atoms with E-state index < -0.39 is 5.97 Å². The van der Waals surface area contributed by atoms with E-state index in [1.807, 2.05) is 6.07 Å². The van der Waals surface area contributed by atoms with Gasteiger partial charge in [0.05, 0.1) is 6.26 Å². The Morgan fingerprint density at radius 1 is 1.60 bits per heavy atom. The van der Waals surface area contributed by atoms with Crippen molar-refractivity contribution in [1.82, 2.24) is 0 Å². The maximum absolute atomic E-state index is 10.7. The molecule has 2 heterocycles. The summed E-state index contributed by atoms with van der Waals surface area (Å²) in [5, 5.41) is 8.78. The Morgan fingerprint density at radius 3 is 2.93 bits per heavy atom. The number of carboxylic acids is 1. The number of thiophene rings is 1. The zero-order valence-electron chi connectivity index (χ0n) is 7.77. The van der Waals surface area contributed by atoms with Gasteiger partial charge in [-0.05, 0) is 18.2 Å². The highest BCUT2D eigenvalue weighted by atomic mass is 32.1. The summed E-state index contributed by atoms with van der Waals surface area (Å²) in [6.45, 7) is 0. The quantitative estimate of drug-likeness (QED) is 0.836. The van der Waals surface area contributed by atoms with E-state index in [0.717, 1.165) is 10.6 Å². The molecule has 0 amide bonds. The summed E-state index contributed by atoms with van der Waals surface area (Å²) < 4.78 is 5.17. The number of hydrogen-bond acceptors (Lipinski definition) is 4. The third-order valence-corrected chi connectivity index (χ3v) is 3.11. The van der Waals surface area contributed by atoms with E-state index in [0.29, 0.717) is 12.1 Å². The summed E-state index contributed by atoms with van der Waals surface area (Å²) in [4.78, 5) is 11.8. The molecule has 0 aliphatic heterocycles. The van der Waals surface area contributed by atoms with Crippen molar-refractivity contribution >= 4 is 23.0 Å². The molecule has 0 unspecified atom stereocenters. The van der Waals surface area contributed by atoms with Gasteiger partial charge in [0.1, 0.15) is 10.6 Å². The first kappa shape index (κ1) is 9.79. The van der Waals surface area contributed by atoms with E-state index in [2.05, 4.69) is 0 Å². The van der Waals surface area contributed by atoms with Crippen molar-refractivity contribution in [2.24, 2.45) is 0 Å². The van der Waals surface area contributed by atoms with E-state index in [9.17, 15) is 4.79 Å². The molecule has 0 aromatic carbocycles. The minimum absolute atomic E-state index is 0.258. The number of hydrogen-bond donors (Lipinski definition) is 2. The fraction of sp³-hybridized carbons (Fsp3) is 0.100. The number of carbonyl (C=O) groups is 1. The second-order valence-corrected chi connectivity index (χ2v) is 4.19. The van der Waals surface area contributed by atoms with Crippen LogP contribution >= 0.6 is 11.3 Å². The number of rotatable bonds is 3. The highest BCUT2D eigenvalue weighted by Gasteiger charge is 2.12. The summed E-state index contributed by atoms with van der Waals surface area (Å²) in [5.41, 5.74) is 6.21. The van der Waals surface area contributed by atoms with Gasteiger partial charge in [0.2, 0.25) is 0 Å². The van der Waals surface area contributed by atoms with Gasteiger partial charge in [0, 0.05) is 17.0 Å². The third-order valence-electron chi connectivity index (χ3n) is 1.97. The molecular weight excluding hydrogens is 214 g/mol. The minimum atomic E-state index is -0.947. The van der Waals surface area contributed by atoms with Crippen LogP contribution in [-0.4, -0.2) is 11.1 Å². The molecule has 0 fully saturated rings. The van der Waals surface area contributed by atoms with Crippen LogP contribution in [0.1, 0.15) is 20.3 Å². The summed E-state index contributed by atoms with van der Waals surface area (Å²) >= 11 is 1.18. The van der Waals surface area contributed by atoms with Crippen LogP contribution in [0.5, 0.6) is 0 Å². The molecule has 15 heavy (non-hydrogen) atoms. The van der Waals surface area contributed by atoms with Crippen molar-refractivity contribution in [3.05, 3.63) is 40.0 Å². The lowest BCUT2D eigenvalue weighted by Crippen LogP contribution is -1.90. The SMILES string of the molecule is Nc1cc(C(=O)O)sc1Cc1ccco1. The molecule has 0 atom stereocenters. The van der Waals surface area contributed by atoms with Crippen LogP contribution in [0.4, 0.5) is 5.69 Å². The number of furan rings is 1. The van der Waals surface area contributed by atoms with Crippen LogP contribution in [0.3, 0.4) is 0 Å². The maximum atomic E-state index is 10.7. The van der Waals surface area contributed by atoms with Gasteiger partial charge in [-0.2, -0.15) is 0 Å². The number of carboxylic acid groups (broad SMARTS) is 1. The van der Waals surface area contributed by atoms with E-state index in [1.165, 1.54) is 17.4 Å². The zero-order chi connectivity index (χ0) is 10.8. The smallest absolute Gasteiger partial charge is 0.345 e. The Morgan fingerprint density at radius 2 is 2.40 bits per heavy atom. The van der Waals surface area contributed by atoms with Crippen molar-refractivity contribution in [3.8, 4) is 0 Å². The normalized spacial score (nSPS) is 10.4. The second kappa shape index (κ2) is 3.78. The Labute approximate surface area is 89.9 Å². The zero-order valence-corrected chi connectivity index (χ0v) is 8.58. The Kier molecular flexibility index (Phi) is 2.47. The predicted octanol–water partition coefficient (Wildman–Crippen LogP) is 2.21. The van der Waals surface area contributed by atoms with Gasteiger partial charge in [-0.3, -0.25) is 0 Å². The molecule has 0 saturated heterocycles. The van der Waals surface area contributed by atoms with Crippen molar-refractivity contribution in [2.75, 3.05) is 5.73 Å². The van der Waals surface area contributed by atoms with E-state index >= 15 is 0 Å². The average Bonchev–Trinajstić information content (AvgIpc) is 2.77. The van der Waals surface area contributed by atoms with Gasteiger partial charge >= 0.3 is 5.97 Å².